The van der Waals surface area contributed by atoms with Gasteiger partial charge in [-0.25, -0.2) is 0 Å². The molecule has 2 atom stereocenters. The number of hydrogen-bond acceptors (Lipinski definition) is 3. The molecule has 0 radical (unpaired) electrons. The van der Waals surface area contributed by atoms with Gasteiger partial charge in [0.05, 0.1) is 0 Å². The summed E-state index contributed by atoms with van der Waals surface area (Å²) < 4.78 is 0. The van der Waals surface area contributed by atoms with Crippen LogP contribution in [0.4, 0.5) is 0 Å². The van der Waals surface area contributed by atoms with Crippen LogP contribution in [0.3, 0.4) is 0 Å². The van der Waals surface area contributed by atoms with E-state index in [1.54, 1.807) is 0 Å². The Labute approximate surface area is 115 Å². The van der Waals surface area contributed by atoms with Crippen molar-refractivity contribution in [3.8, 4) is 0 Å². The van der Waals surface area contributed by atoms with Crippen molar-refractivity contribution in [3.63, 3.8) is 0 Å². The first-order valence-corrected chi connectivity index (χ1v) is 9.29. The standard InChI is InChI=1S/C14H27NS2/c1-14(2)6-3-4-12(5-7-14)15-10-13-11-16-8-9-17-13/h12-13,15H,3-11H2,1-2H3. The monoisotopic (exact) mass is 273 g/mol. The fourth-order valence-corrected chi connectivity index (χ4v) is 5.44. The Morgan fingerprint density at radius 2 is 2.06 bits per heavy atom. The molecule has 1 aliphatic carbocycles. The second kappa shape index (κ2) is 6.72. The van der Waals surface area contributed by atoms with Crippen LogP contribution in [0.2, 0.25) is 0 Å². The summed E-state index contributed by atoms with van der Waals surface area (Å²) >= 11 is 4.31. The van der Waals surface area contributed by atoms with Crippen molar-refractivity contribution in [1.82, 2.24) is 5.32 Å². The zero-order chi connectivity index (χ0) is 12.1. The molecular formula is C14H27NS2. The predicted molar refractivity (Wildman–Crippen MR) is 82.2 cm³/mol. The van der Waals surface area contributed by atoms with Gasteiger partial charge in [-0.15, -0.1) is 0 Å². The van der Waals surface area contributed by atoms with Crippen molar-refractivity contribution in [2.75, 3.05) is 23.8 Å². The van der Waals surface area contributed by atoms with Gasteiger partial charge in [-0.2, -0.15) is 23.5 Å². The fraction of sp³-hybridized carbons (Fsp3) is 1.00. The molecule has 1 saturated heterocycles. The molecule has 2 rings (SSSR count). The quantitative estimate of drug-likeness (QED) is 0.786. The first kappa shape index (κ1) is 14.1. The SMILES string of the molecule is CC1(C)CCCC(NCC2CSCCS2)CC1. The lowest BCUT2D eigenvalue weighted by Gasteiger charge is -2.25. The van der Waals surface area contributed by atoms with Gasteiger partial charge in [0.15, 0.2) is 0 Å². The molecule has 1 saturated carbocycles. The van der Waals surface area contributed by atoms with E-state index >= 15 is 0 Å². The summed E-state index contributed by atoms with van der Waals surface area (Å²) in [5.41, 5.74) is 0.589. The first-order valence-electron chi connectivity index (χ1n) is 7.08. The van der Waals surface area contributed by atoms with Gasteiger partial charge in [0, 0.05) is 35.1 Å². The smallest absolute Gasteiger partial charge is 0.0263 e. The summed E-state index contributed by atoms with van der Waals surface area (Å²) in [6, 6.07) is 0.796. The van der Waals surface area contributed by atoms with Gasteiger partial charge in [-0.1, -0.05) is 20.3 Å². The Bertz CT molecular complexity index is 224. The molecule has 17 heavy (non-hydrogen) atoms. The highest BCUT2D eigenvalue weighted by Crippen LogP contribution is 2.34. The van der Waals surface area contributed by atoms with Crippen molar-refractivity contribution in [2.24, 2.45) is 5.41 Å². The maximum absolute atomic E-state index is 3.83. The summed E-state index contributed by atoms with van der Waals surface area (Å²) in [5.74, 6) is 4.07. The highest BCUT2D eigenvalue weighted by molar-refractivity contribution is 8.06. The molecule has 1 nitrogen and oxygen atoms in total. The van der Waals surface area contributed by atoms with Crippen LogP contribution in [0, 0.1) is 5.41 Å². The van der Waals surface area contributed by atoms with E-state index in [2.05, 4.69) is 42.7 Å². The van der Waals surface area contributed by atoms with Gasteiger partial charge < -0.3 is 5.32 Å². The third-order valence-corrected chi connectivity index (χ3v) is 6.94. The Morgan fingerprint density at radius 1 is 1.18 bits per heavy atom. The molecule has 1 heterocycles. The van der Waals surface area contributed by atoms with Crippen molar-refractivity contribution in [2.45, 2.75) is 57.2 Å². The van der Waals surface area contributed by atoms with Crippen LogP contribution in [0.25, 0.3) is 0 Å². The number of nitrogens with one attached hydrogen (secondary N) is 1. The molecule has 3 heteroatoms. The van der Waals surface area contributed by atoms with E-state index in [4.69, 9.17) is 0 Å². The van der Waals surface area contributed by atoms with E-state index in [9.17, 15) is 0 Å². The van der Waals surface area contributed by atoms with E-state index in [1.165, 1.54) is 55.9 Å². The molecule has 2 aliphatic rings. The van der Waals surface area contributed by atoms with Gasteiger partial charge >= 0.3 is 0 Å². The largest absolute Gasteiger partial charge is 0.313 e. The zero-order valence-corrected chi connectivity index (χ0v) is 13.0. The maximum atomic E-state index is 3.83. The second-order valence-electron chi connectivity index (χ2n) is 6.27. The second-order valence-corrected chi connectivity index (χ2v) is 8.83. The number of hydrogen-bond donors (Lipinski definition) is 1. The maximum Gasteiger partial charge on any atom is 0.0263 e. The van der Waals surface area contributed by atoms with Crippen LogP contribution in [0.5, 0.6) is 0 Å². The molecule has 1 aliphatic heterocycles. The lowest BCUT2D eigenvalue weighted by Crippen LogP contribution is -2.36. The van der Waals surface area contributed by atoms with Crippen LogP contribution in [0.15, 0.2) is 0 Å². The Morgan fingerprint density at radius 3 is 2.82 bits per heavy atom. The molecule has 0 spiro atoms. The van der Waals surface area contributed by atoms with E-state index in [0.717, 1.165) is 11.3 Å². The average molecular weight is 274 g/mol. The van der Waals surface area contributed by atoms with Gasteiger partial charge in [0.2, 0.25) is 0 Å². The van der Waals surface area contributed by atoms with Crippen LogP contribution >= 0.6 is 23.5 Å². The minimum atomic E-state index is 0.589. The molecule has 100 valence electrons. The first-order chi connectivity index (χ1) is 8.16. The summed E-state index contributed by atoms with van der Waals surface area (Å²) in [7, 11) is 0. The summed E-state index contributed by atoms with van der Waals surface area (Å²) in [5, 5.41) is 4.70. The lowest BCUT2D eigenvalue weighted by molar-refractivity contribution is 0.310. The Kier molecular flexibility index (Phi) is 5.56. The van der Waals surface area contributed by atoms with Crippen molar-refractivity contribution in [1.29, 1.82) is 0 Å². The fourth-order valence-electron chi connectivity index (χ4n) is 2.82. The number of rotatable bonds is 3. The number of thioether (sulfide) groups is 2. The topological polar surface area (TPSA) is 12.0 Å². The van der Waals surface area contributed by atoms with Crippen molar-refractivity contribution >= 4 is 23.5 Å². The minimum Gasteiger partial charge on any atom is -0.313 e. The molecule has 2 fully saturated rings. The molecule has 0 aromatic rings. The van der Waals surface area contributed by atoms with Crippen molar-refractivity contribution < 1.29 is 0 Å². The lowest BCUT2D eigenvalue weighted by atomic mass is 9.85. The highest BCUT2D eigenvalue weighted by Gasteiger charge is 2.24. The third kappa shape index (κ3) is 5.04. The molecule has 0 aromatic carbocycles. The van der Waals surface area contributed by atoms with Crippen molar-refractivity contribution in [3.05, 3.63) is 0 Å². The van der Waals surface area contributed by atoms with Crippen LogP contribution < -0.4 is 5.32 Å². The zero-order valence-electron chi connectivity index (χ0n) is 11.3. The van der Waals surface area contributed by atoms with E-state index in [0.29, 0.717) is 5.41 Å². The summed E-state index contributed by atoms with van der Waals surface area (Å²) in [6.07, 6.45) is 7.01. The molecule has 0 aromatic heterocycles. The third-order valence-electron chi connectivity index (χ3n) is 4.09. The highest BCUT2D eigenvalue weighted by atomic mass is 32.2. The molecular weight excluding hydrogens is 246 g/mol. The molecule has 1 N–H and O–H groups in total. The van der Waals surface area contributed by atoms with E-state index in [-0.39, 0.29) is 0 Å². The Hall–Kier alpha value is 0.660. The predicted octanol–water partition coefficient (Wildman–Crippen LogP) is 3.78. The van der Waals surface area contributed by atoms with E-state index < -0.39 is 0 Å². The van der Waals surface area contributed by atoms with Gasteiger partial charge in [0.1, 0.15) is 0 Å². The van der Waals surface area contributed by atoms with Crippen LogP contribution in [-0.2, 0) is 0 Å². The average Bonchev–Trinajstić information content (AvgIpc) is 2.49. The molecule has 2 unspecified atom stereocenters. The normalized spacial score (nSPS) is 34.2. The van der Waals surface area contributed by atoms with Gasteiger partial charge in [0.25, 0.3) is 0 Å². The summed E-state index contributed by atoms with van der Waals surface area (Å²) in [4.78, 5) is 0. The van der Waals surface area contributed by atoms with Crippen LogP contribution in [0.1, 0.15) is 46.0 Å². The molecule has 0 amide bonds. The van der Waals surface area contributed by atoms with E-state index in [1.807, 2.05) is 0 Å². The summed E-state index contributed by atoms with van der Waals surface area (Å²) in [6.45, 7) is 6.11. The van der Waals surface area contributed by atoms with Gasteiger partial charge in [-0.3, -0.25) is 0 Å². The minimum absolute atomic E-state index is 0.589. The van der Waals surface area contributed by atoms with Gasteiger partial charge in [-0.05, 0) is 31.1 Å². The molecule has 0 bridgehead atoms. The Balaban J connectivity index is 1.68. The van der Waals surface area contributed by atoms with Crippen LogP contribution in [-0.4, -0.2) is 35.1 Å².